The average Bonchev–Trinajstić information content (AvgIpc) is 2.69. The molecular formula is C20H36N4O3. The Kier molecular flexibility index (Phi) is 7.11. The molecule has 0 spiro atoms. The lowest BCUT2D eigenvalue weighted by Gasteiger charge is -2.43. The maximum atomic E-state index is 13.2. The standard InChI is InChI=1S/C20H36N4O3/c1-17-5-3-4-10-24(17)18(25)15-22-11-13-23(14-12-22)19(26)20(16-27-2)6-8-21-9-7-20/h17,21H,3-16H2,1-2H3. The third-order valence-corrected chi connectivity index (χ3v) is 6.58. The summed E-state index contributed by atoms with van der Waals surface area (Å²) in [6, 6.07) is 0.364. The van der Waals surface area contributed by atoms with Crippen LogP contribution in [-0.4, -0.2) is 98.6 Å². The van der Waals surface area contributed by atoms with Crippen molar-refractivity contribution in [3.63, 3.8) is 0 Å². The van der Waals surface area contributed by atoms with E-state index in [-0.39, 0.29) is 17.2 Å². The molecule has 0 aromatic heterocycles. The SMILES string of the molecule is COCC1(C(=O)N2CCN(CC(=O)N3CCCCC3C)CC2)CCNCC1. The third-order valence-electron chi connectivity index (χ3n) is 6.58. The predicted octanol–water partition coefficient (Wildman–Crippen LogP) is 0.548. The van der Waals surface area contributed by atoms with E-state index in [1.54, 1.807) is 7.11 Å². The van der Waals surface area contributed by atoms with Gasteiger partial charge in [0.2, 0.25) is 11.8 Å². The fourth-order valence-electron chi connectivity index (χ4n) is 4.80. The summed E-state index contributed by atoms with van der Waals surface area (Å²) in [5.41, 5.74) is -0.374. The van der Waals surface area contributed by atoms with E-state index in [0.29, 0.717) is 32.3 Å². The Labute approximate surface area is 163 Å². The molecule has 1 atom stereocenters. The first kappa shape index (κ1) is 20.6. The molecule has 1 N–H and O–H groups in total. The first-order valence-electron chi connectivity index (χ1n) is 10.6. The number of likely N-dealkylation sites (tertiary alicyclic amines) is 1. The van der Waals surface area contributed by atoms with Crippen molar-refractivity contribution in [3.8, 4) is 0 Å². The molecule has 1 unspecified atom stereocenters. The summed E-state index contributed by atoms with van der Waals surface area (Å²) >= 11 is 0. The fraction of sp³-hybridized carbons (Fsp3) is 0.900. The molecule has 0 radical (unpaired) electrons. The lowest BCUT2D eigenvalue weighted by molar-refractivity contribution is -0.149. The summed E-state index contributed by atoms with van der Waals surface area (Å²) < 4.78 is 5.41. The molecule has 3 heterocycles. The zero-order chi connectivity index (χ0) is 19.3. The Morgan fingerprint density at radius 3 is 2.41 bits per heavy atom. The van der Waals surface area contributed by atoms with Gasteiger partial charge in [-0.25, -0.2) is 0 Å². The van der Waals surface area contributed by atoms with E-state index in [2.05, 4.69) is 17.1 Å². The fourth-order valence-corrected chi connectivity index (χ4v) is 4.80. The summed E-state index contributed by atoms with van der Waals surface area (Å²) in [6.07, 6.45) is 5.14. The quantitative estimate of drug-likeness (QED) is 0.755. The van der Waals surface area contributed by atoms with Gasteiger partial charge in [0, 0.05) is 45.9 Å². The van der Waals surface area contributed by atoms with Gasteiger partial charge in [0.15, 0.2) is 0 Å². The van der Waals surface area contributed by atoms with Crippen LogP contribution in [0, 0.1) is 5.41 Å². The Hall–Kier alpha value is -1.18. The van der Waals surface area contributed by atoms with Crippen molar-refractivity contribution < 1.29 is 14.3 Å². The highest BCUT2D eigenvalue weighted by Gasteiger charge is 2.43. The summed E-state index contributed by atoms with van der Waals surface area (Å²) in [5.74, 6) is 0.484. The molecule has 3 fully saturated rings. The highest BCUT2D eigenvalue weighted by Crippen LogP contribution is 2.32. The van der Waals surface area contributed by atoms with Crippen molar-refractivity contribution in [2.75, 3.05) is 66.1 Å². The topological polar surface area (TPSA) is 65.1 Å². The van der Waals surface area contributed by atoms with Crippen LogP contribution in [0.4, 0.5) is 0 Å². The number of carbonyl (C=O) groups is 2. The van der Waals surface area contributed by atoms with E-state index in [1.165, 1.54) is 6.42 Å². The minimum atomic E-state index is -0.374. The summed E-state index contributed by atoms with van der Waals surface area (Å²) in [4.78, 5) is 32.1. The van der Waals surface area contributed by atoms with Crippen LogP contribution in [-0.2, 0) is 14.3 Å². The van der Waals surface area contributed by atoms with Gasteiger partial charge < -0.3 is 19.9 Å². The molecule has 3 aliphatic rings. The van der Waals surface area contributed by atoms with Gasteiger partial charge in [-0.3, -0.25) is 14.5 Å². The molecule has 3 saturated heterocycles. The normalized spacial score (nSPS) is 26.8. The maximum Gasteiger partial charge on any atom is 0.236 e. The number of hydrogen-bond donors (Lipinski definition) is 1. The van der Waals surface area contributed by atoms with Gasteiger partial charge >= 0.3 is 0 Å². The number of carbonyl (C=O) groups excluding carboxylic acids is 2. The zero-order valence-electron chi connectivity index (χ0n) is 17.0. The molecule has 27 heavy (non-hydrogen) atoms. The van der Waals surface area contributed by atoms with E-state index in [4.69, 9.17) is 4.74 Å². The summed E-state index contributed by atoms with van der Waals surface area (Å²) in [7, 11) is 1.68. The average molecular weight is 381 g/mol. The van der Waals surface area contributed by atoms with Crippen LogP contribution < -0.4 is 5.32 Å². The van der Waals surface area contributed by atoms with Crippen LogP contribution >= 0.6 is 0 Å². The molecule has 0 saturated carbocycles. The molecule has 0 aliphatic carbocycles. The van der Waals surface area contributed by atoms with Gasteiger partial charge in [-0.1, -0.05) is 0 Å². The lowest BCUT2D eigenvalue weighted by Crippen LogP contribution is -2.57. The molecule has 3 rings (SSSR count). The van der Waals surface area contributed by atoms with Crippen molar-refractivity contribution in [3.05, 3.63) is 0 Å². The number of hydrogen-bond acceptors (Lipinski definition) is 5. The van der Waals surface area contributed by atoms with E-state index < -0.39 is 0 Å². The number of nitrogens with zero attached hydrogens (tertiary/aromatic N) is 3. The molecule has 3 aliphatic heterocycles. The van der Waals surface area contributed by atoms with Crippen LogP contribution in [0.2, 0.25) is 0 Å². The maximum absolute atomic E-state index is 13.2. The van der Waals surface area contributed by atoms with Crippen molar-refractivity contribution >= 4 is 11.8 Å². The largest absolute Gasteiger partial charge is 0.384 e. The Bertz CT molecular complexity index is 508. The van der Waals surface area contributed by atoms with E-state index in [9.17, 15) is 9.59 Å². The number of piperazine rings is 1. The Morgan fingerprint density at radius 1 is 1.07 bits per heavy atom. The van der Waals surface area contributed by atoms with Crippen LogP contribution in [0.25, 0.3) is 0 Å². The number of piperidine rings is 2. The second-order valence-corrected chi connectivity index (χ2v) is 8.46. The Morgan fingerprint density at radius 2 is 1.78 bits per heavy atom. The van der Waals surface area contributed by atoms with Crippen LogP contribution in [0.5, 0.6) is 0 Å². The molecule has 154 valence electrons. The van der Waals surface area contributed by atoms with Crippen LogP contribution in [0.1, 0.15) is 39.0 Å². The molecule has 0 aromatic carbocycles. The highest BCUT2D eigenvalue weighted by molar-refractivity contribution is 5.83. The summed E-state index contributed by atoms with van der Waals surface area (Å²) in [6.45, 7) is 8.75. The number of amides is 2. The lowest BCUT2D eigenvalue weighted by atomic mass is 9.78. The molecular weight excluding hydrogens is 344 g/mol. The van der Waals surface area contributed by atoms with Gasteiger partial charge in [0.25, 0.3) is 0 Å². The van der Waals surface area contributed by atoms with Gasteiger partial charge in [-0.15, -0.1) is 0 Å². The molecule has 0 aromatic rings. The van der Waals surface area contributed by atoms with Gasteiger partial charge in [0.1, 0.15) is 0 Å². The number of rotatable bonds is 5. The first-order chi connectivity index (χ1) is 13.1. The zero-order valence-corrected chi connectivity index (χ0v) is 17.0. The van der Waals surface area contributed by atoms with E-state index >= 15 is 0 Å². The van der Waals surface area contributed by atoms with Crippen molar-refractivity contribution in [1.29, 1.82) is 0 Å². The number of nitrogens with one attached hydrogen (secondary N) is 1. The smallest absolute Gasteiger partial charge is 0.236 e. The van der Waals surface area contributed by atoms with E-state index in [0.717, 1.165) is 58.4 Å². The van der Waals surface area contributed by atoms with Crippen molar-refractivity contribution in [2.24, 2.45) is 5.41 Å². The van der Waals surface area contributed by atoms with Crippen molar-refractivity contribution in [1.82, 2.24) is 20.0 Å². The minimum Gasteiger partial charge on any atom is -0.384 e. The predicted molar refractivity (Wildman–Crippen MR) is 104 cm³/mol. The van der Waals surface area contributed by atoms with Crippen LogP contribution in [0.15, 0.2) is 0 Å². The van der Waals surface area contributed by atoms with Crippen LogP contribution in [0.3, 0.4) is 0 Å². The molecule has 0 bridgehead atoms. The minimum absolute atomic E-state index is 0.237. The Balaban J connectivity index is 1.50. The van der Waals surface area contributed by atoms with Gasteiger partial charge in [0.05, 0.1) is 18.6 Å². The van der Waals surface area contributed by atoms with Crippen molar-refractivity contribution in [2.45, 2.75) is 45.1 Å². The summed E-state index contributed by atoms with van der Waals surface area (Å²) in [5, 5.41) is 3.34. The highest BCUT2D eigenvalue weighted by atomic mass is 16.5. The number of methoxy groups -OCH3 is 1. The van der Waals surface area contributed by atoms with Gasteiger partial charge in [-0.2, -0.15) is 0 Å². The van der Waals surface area contributed by atoms with E-state index in [1.807, 2.05) is 9.80 Å². The molecule has 2 amide bonds. The third kappa shape index (κ3) is 4.81. The monoisotopic (exact) mass is 380 g/mol. The molecule has 7 heteroatoms. The second kappa shape index (κ2) is 9.34. The molecule has 7 nitrogen and oxygen atoms in total. The van der Waals surface area contributed by atoms with Gasteiger partial charge in [-0.05, 0) is 52.1 Å². The first-order valence-corrected chi connectivity index (χ1v) is 10.6. The number of ether oxygens (including phenoxy) is 1. The second-order valence-electron chi connectivity index (χ2n) is 8.46.